The Bertz CT molecular complexity index is 977. The number of H-pyrrole nitrogens is 1. The third-order valence-electron chi connectivity index (χ3n) is 3.96. The van der Waals surface area contributed by atoms with E-state index in [-0.39, 0.29) is 30.0 Å². The number of aryl methyl sites for hydroxylation is 1. The fourth-order valence-corrected chi connectivity index (χ4v) is 2.83. The lowest BCUT2D eigenvalue weighted by atomic mass is 10.1. The number of aromatic amines is 1. The van der Waals surface area contributed by atoms with E-state index in [2.05, 4.69) is 20.8 Å². The molecule has 0 aliphatic heterocycles. The number of carbonyl (C=O) groups is 1. The fraction of sp³-hybridized carbons (Fsp3) is 0.222. The average Bonchev–Trinajstić information content (AvgIpc) is 3.14. The summed E-state index contributed by atoms with van der Waals surface area (Å²) in [6, 6.07) is 6.82. The second-order valence-electron chi connectivity index (χ2n) is 5.71. The van der Waals surface area contributed by atoms with Gasteiger partial charge >= 0.3 is 0 Å². The number of nitrogens with one attached hydrogen (secondary N) is 3. The Balaban J connectivity index is 2.02. The van der Waals surface area contributed by atoms with Crippen molar-refractivity contribution in [3.05, 3.63) is 52.6 Å². The van der Waals surface area contributed by atoms with Crippen molar-refractivity contribution in [1.82, 2.24) is 15.4 Å². The zero-order chi connectivity index (χ0) is 19.4. The Morgan fingerprint density at radius 1 is 1.41 bits per heavy atom. The Kier molecular flexibility index (Phi) is 5.90. The summed E-state index contributed by atoms with van der Waals surface area (Å²) < 4.78 is 15.0. The lowest BCUT2D eigenvalue weighted by Gasteiger charge is -2.15. The van der Waals surface area contributed by atoms with Gasteiger partial charge in [-0.25, -0.2) is 14.9 Å². The van der Waals surface area contributed by atoms with Crippen LogP contribution >= 0.6 is 11.6 Å². The molecular formula is C18H18ClFN4O3. The van der Waals surface area contributed by atoms with E-state index in [1.165, 1.54) is 12.4 Å². The molecule has 0 saturated carbocycles. The van der Waals surface area contributed by atoms with Gasteiger partial charge in [0.2, 0.25) is 0 Å². The summed E-state index contributed by atoms with van der Waals surface area (Å²) in [7, 11) is 0. The van der Waals surface area contributed by atoms with Crippen LogP contribution in [0.2, 0.25) is 5.02 Å². The highest BCUT2D eigenvalue weighted by Crippen LogP contribution is 2.33. The molecule has 0 aliphatic rings. The first-order valence-electron chi connectivity index (χ1n) is 8.29. The molecule has 4 N–H and O–H groups in total. The van der Waals surface area contributed by atoms with E-state index in [0.717, 1.165) is 12.0 Å². The zero-order valence-corrected chi connectivity index (χ0v) is 15.2. The second kappa shape index (κ2) is 8.34. The number of carbonyl (C=O) groups excluding carboxylic acids is 1. The molecular weight excluding hydrogens is 375 g/mol. The molecule has 3 rings (SSSR count). The minimum atomic E-state index is -0.698. The van der Waals surface area contributed by atoms with Crippen LogP contribution in [0.1, 0.15) is 22.8 Å². The first kappa shape index (κ1) is 19.1. The fourth-order valence-electron chi connectivity index (χ4n) is 2.58. The first-order chi connectivity index (χ1) is 13.0. The number of hydrogen-bond donors (Lipinski definition) is 4. The van der Waals surface area contributed by atoms with Gasteiger partial charge in [-0.05, 0) is 30.2 Å². The molecule has 1 amide bonds. The van der Waals surface area contributed by atoms with E-state index < -0.39 is 11.7 Å². The van der Waals surface area contributed by atoms with Crippen molar-refractivity contribution in [2.24, 2.45) is 0 Å². The second-order valence-corrected chi connectivity index (χ2v) is 6.12. The normalized spacial score (nSPS) is 11.0. The lowest BCUT2D eigenvalue weighted by molar-refractivity contribution is 0.0169. The maximum absolute atomic E-state index is 15.0. The minimum Gasteiger partial charge on any atom is -0.394 e. The molecule has 0 bridgehead atoms. The van der Waals surface area contributed by atoms with E-state index >= 15 is 4.39 Å². The van der Waals surface area contributed by atoms with E-state index in [1.54, 1.807) is 12.1 Å². The largest absolute Gasteiger partial charge is 0.394 e. The molecule has 1 heterocycles. The summed E-state index contributed by atoms with van der Waals surface area (Å²) in [5.41, 5.74) is 4.02. The Labute approximate surface area is 159 Å². The predicted octanol–water partition coefficient (Wildman–Crippen LogP) is 3.32. The summed E-state index contributed by atoms with van der Waals surface area (Å²) in [5.74, 6) is -1.38. The van der Waals surface area contributed by atoms with Crippen LogP contribution in [-0.2, 0) is 11.3 Å². The highest BCUT2D eigenvalue weighted by Gasteiger charge is 2.21. The van der Waals surface area contributed by atoms with Crippen LogP contribution in [0, 0.1) is 5.82 Å². The van der Waals surface area contributed by atoms with Crippen LogP contribution in [0.5, 0.6) is 0 Å². The van der Waals surface area contributed by atoms with Gasteiger partial charge in [0, 0.05) is 0 Å². The average molecular weight is 393 g/mol. The Hall–Kier alpha value is -2.68. The smallest absolute Gasteiger partial charge is 0.277 e. The number of rotatable bonds is 7. The summed E-state index contributed by atoms with van der Waals surface area (Å²) in [6.07, 6.45) is 2.15. The molecule has 0 atom stereocenters. The highest BCUT2D eigenvalue weighted by molar-refractivity contribution is 6.33. The van der Waals surface area contributed by atoms with Crippen molar-refractivity contribution < 1.29 is 19.1 Å². The molecule has 27 heavy (non-hydrogen) atoms. The number of amides is 1. The zero-order valence-electron chi connectivity index (χ0n) is 14.5. The molecule has 0 spiro atoms. The number of anilines is 2. The molecule has 7 nitrogen and oxygen atoms in total. The SMILES string of the molecule is CCc1ccc(Nc2c(C(=O)NOCCO)cc3[nH]cnc3c2F)c(Cl)c1. The number of hydrogen-bond acceptors (Lipinski definition) is 5. The number of aromatic nitrogens is 2. The quantitative estimate of drug-likeness (QED) is 0.365. The van der Waals surface area contributed by atoms with Crippen molar-refractivity contribution in [2.75, 3.05) is 18.5 Å². The lowest BCUT2D eigenvalue weighted by Crippen LogP contribution is -2.26. The van der Waals surface area contributed by atoms with Crippen molar-refractivity contribution in [3.8, 4) is 0 Å². The molecule has 0 saturated heterocycles. The number of aliphatic hydroxyl groups excluding tert-OH is 1. The van der Waals surface area contributed by atoms with Crippen molar-refractivity contribution in [3.63, 3.8) is 0 Å². The molecule has 9 heteroatoms. The van der Waals surface area contributed by atoms with E-state index in [0.29, 0.717) is 16.2 Å². The Morgan fingerprint density at radius 2 is 2.22 bits per heavy atom. The van der Waals surface area contributed by atoms with Crippen LogP contribution in [0.25, 0.3) is 11.0 Å². The third-order valence-corrected chi connectivity index (χ3v) is 4.27. The van der Waals surface area contributed by atoms with Crippen LogP contribution in [0.4, 0.5) is 15.8 Å². The van der Waals surface area contributed by atoms with Gasteiger partial charge in [-0.1, -0.05) is 24.6 Å². The number of fused-ring (bicyclic) bond motifs is 1. The van der Waals surface area contributed by atoms with Crippen LogP contribution in [0.3, 0.4) is 0 Å². The maximum atomic E-state index is 15.0. The molecule has 1 aromatic heterocycles. The van der Waals surface area contributed by atoms with Crippen LogP contribution < -0.4 is 10.8 Å². The number of benzene rings is 2. The molecule has 2 aromatic carbocycles. The summed E-state index contributed by atoms with van der Waals surface area (Å²) >= 11 is 6.28. The number of nitrogens with zero attached hydrogens (tertiary/aromatic N) is 1. The maximum Gasteiger partial charge on any atom is 0.277 e. The molecule has 3 aromatic rings. The molecule has 142 valence electrons. The summed E-state index contributed by atoms with van der Waals surface area (Å²) in [6.45, 7) is 1.64. The summed E-state index contributed by atoms with van der Waals surface area (Å²) in [4.78, 5) is 24.0. The summed E-state index contributed by atoms with van der Waals surface area (Å²) in [5, 5.41) is 12.0. The van der Waals surface area contributed by atoms with Gasteiger partial charge in [-0.2, -0.15) is 0 Å². The Morgan fingerprint density at radius 3 is 2.93 bits per heavy atom. The number of aliphatic hydroxyl groups is 1. The minimum absolute atomic E-state index is 0.00201. The van der Waals surface area contributed by atoms with Gasteiger partial charge in [0.25, 0.3) is 5.91 Å². The van der Waals surface area contributed by atoms with Gasteiger partial charge in [-0.3, -0.25) is 9.63 Å². The van der Waals surface area contributed by atoms with Crippen molar-refractivity contribution in [1.29, 1.82) is 0 Å². The molecule has 0 aliphatic carbocycles. The monoisotopic (exact) mass is 392 g/mol. The predicted molar refractivity (Wildman–Crippen MR) is 101 cm³/mol. The highest BCUT2D eigenvalue weighted by atomic mass is 35.5. The van der Waals surface area contributed by atoms with Crippen molar-refractivity contribution >= 4 is 39.9 Å². The molecule has 0 radical (unpaired) electrons. The number of imidazole rings is 1. The standard InChI is InChI=1S/C18H18ClFN4O3/c1-2-10-3-4-13(12(19)7-10)23-16-11(18(26)24-27-6-5-25)8-14-17(15(16)20)22-9-21-14/h3-4,7-9,23,25H,2,5-6H2,1H3,(H,21,22)(H,24,26). The van der Waals surface area contributed by atoms with Gasteiger partial charge in [0.05, 0.1) is 47.0 Å². The topological polar surface area (TPSA) is 99.3 Å². The number of halogens is 2. The van der Waals surface area contributed by atoms with Crippen LogP contribution in [0.15, 0.2) is 30.6 Å². The van der Waals surface area contributed by atoms with E-state index in [4.69, 9.17) is 21.5 Å². The molecule has 0 fully saturated rings. The van der Waals surface area contributed by atoms with Gasteiger partial charge in [0.15, 0.2) is 5.82 Å². The molecule has 0 unspecified atom stereocenters. The van der Waals surface area contributed by atoms with E-state index in [9.17, 15) is 4.79 Å². The van der Waals surface area contributed by atoms with Crippen molar-refractivity contribution in [2.45, 2.75) is 13.3 Å². The van der Waals surface area contributed by atoms with E-state index in [1.807, 2.05) is 13.0 Å². The number of hydroxylamine groups is 1. The van der Waals surface area contributed by atoms with Gasteiger partial charge < -0.3 is 15.4 Å². The van der Waals surface area contributed by atoms with Gasteiger partial charge in [0.1, 0.15) is 5.52 Å². The van der Waals surface area contributed by atoms with Crippen LogP contribution in [-0.4, -0.2) is 34.2 Å². The first-order valence-corrected chi connectivity index (χ1v) is 8.67. The van der Waals surface area contributed by atoms with Gasteiger partial charge in [-0.15, -0.1) is 0 Å². The third kappa shape index (κ3) is 4.02.